The Hall–Kier alpha value is -1.89. The van der Waals surface area contributed by atoms with Crippen LogP contribution in [0.4, 0.5) is 5.95 Å². The highest BCUT2D eigenvalue weighted by atomic mass is 35.5. The highest BCUT2D eigenvalue weighted by Gasteiger charge is 2.26. The molecule has 1 aliphatic rings. The van der Waals surface area contributed by atoms with Crippen LogP contribution < -0.4 is 4.72 Å². The maximum atomic E-state index is 12.9. The molecule has 0 saturated carbocycles. The summed E-state index contributed by atoms with van der Waals surface area (Å²) in [6.45, 7) is 3.16. The lowest BCUT2D eigenvalue weighted by molar-refractivity contribution is 0.346. The molecule has 1 fully saturated rings. The topological polar surface area (TPSA) is 109 Å². The summed E-state index contributed by atoms with van der Waals surface area (Å²) in [5.74, 6) is -0.0607. The molecule has 0 atom stereocenters. The van der Waals surface area contributed by atoms with Crippen molar-refractivity contribution < 1.29 is 16.8 Å². The summed E-state index contributed by atoms with van der Waals surface area (Å²) < 4.78 is 55.6. The second-order valence-electron chi connectivity index (χ2n) is 8.83. The molecule has 13 heteroatoms. The van der Waals surface area contributed by atoms with Gasteiger partial charge >= 0.3 is 0 Å². The van der Waals surface area contributed by atoms with Crippen LogP contribution >= 0.6 is 35.0 Å². The number of sulfonamides is 2. The number of halogens is 2. The first-order valence-electron chi connectivity index (χ1n) is 12.2. The van der Waals surface area contributed by atoms with E-state index in [1.165, 1.54) is 30.0 Å². The Balaban J connectivity index is 1.54. The zero-order chi connectivity index (χ0) is 27.3. The number of benzene rings is 2. The van der Waals surface area contributed by atoms with E-state index in [-0.39, 0.29) is 20.8 Å². The molecule has 0 spiro atoms. The minimum absolute atomic E-state index is 0.00544. The molecular weight excluding hydrogens is 587 g/mol. The van der Waals surface area contributed by atoms with Gasteiger partial charge in [-0.15, -0.1) is 0 Å². The molecule has 0 aliphatic carbocycles. The van der Waals surface area contributed by atoms with E-state index in [0.29, 0.717) is 30.2 Å². The lowest BCUT2D eigenvalue weighted by Gasteiger charge is -2.25. The van der Waals surface area contributed by atoms with Crippen molar-refractivity contribution in [3.05, 3.63) is 64.4 Å². The van der Waals surface area contributed by atoms with E-state index in [4.69, 9.17) is 23.2 Å². The summed E-state index contributed by atoms with van der Waals surface area (Å²) in [6, 6.07) is 10.9. The molecule has 4 rings (SSSR count). The number of aryl methyl sites for hydroxylation is 1. The van der Waals surface area contributed by atoms with Crippen molar-refractivity contribution in [2.75, 3.05) is 17.8 Å². The second kappa shape index (κ2) is 12.5. The average Bonchev–Trinajstić information content (AvgIpc) is 2.89. The van der Waals surface area contributed by atoms with Gasteiger partial charge in [0, 0.05) is 29.2 Å². The van der Waals surface area contributed by atoms with E-state index in [2.05, 4.69) is 21.6 Å². The Morgan fingerprint density at radius 1 is 1.00 bits per heavy atom. The third-order valence-corrected chi connectivity index (χ3v) is 11.0. The molecule has 3 aromatic rings. The number of hydrogen-bond donors (Lipinski definition) is 1. The molecule has 0 unspecified atom stereocenters. The number of nitrogens with zero attached hydrogens (tertiary/aromatic N) is 3. The fourth-order valence-electron chi connectivity index (χ4n) is 3.99. The third-order valence-electron chi connectivity index (χ3n) is 6.01. The number of unbranched alkanes of at least 4 members (excludes halogenated alkanes) is 1. The molecule has 0 bridgehead atoms. The molecule has 1 N–H and O–H groups in total. The maximum absolute atomic E-state index is 12.9. The first-order chi connectivity index (χ1) is 18.1. The van der Waals surface area contributed by atoms with Crippen LogP contribution in [0.15, 0.2) is 68.2 Å². The molecule has 1 saturated heterocycles. The van der Waals surface area contributed by atoms with Crippen LogP contribution in [-0.2, 0) is 26.5 Å². The van der Waals surface area contributed by atoms with E-state index < -0.39 is 20.0 Å². The number of piperidine rings is 1. The largest absolute Gasteiger partial charge is 0.265 e. The van der Waals surface area contributed by atoms with Crippen molar-refractivity contribution in [1.82, 2.24) is 14.3 Å². The van der Waals surface area contributed by atoms with Gasteiger partial charge in [-0.25, -0.2) is 31.5 Å². The number of rotatable bonds is 10. The van der Waals surface area contributed by atoms with Gasteiger partial charge in [0.2, 0.25) is 16.0 Å². The quantitative estimate of drug-likeness (QED) is 0.287. The van der Waals surface area contributed by atoms with Crippen LogP contribution in [0.5, 0.6) is 0 Å². The molecule has 2 heterocycles. The van der Waals surface area contributed by atoms with Gasteiger partial charge in [0.1, 0.15) is 4.90 Å². The van der Waals surface area contributed by atoms with E-state index >= 15 is 0 Å². The van der Waals surface area contributed by atoms with Gasteiger partial charge in [-0.05, 0) is 68.1 Å². The highest BCUT2D eigenvalue weighted by molar-refractivity contribution is 7.99. The van der Waals surface area contributed by atoms with Crippen molar-refractivity contribution in [1.29, 1.82) is 0 Å². The summed E-state index contributed by atoms with van der Waals surface area (Å²) in [6.07, 6.45) is 6.80. The van der Waals surface area contributed by atoms with E-state index in [9.17, 15) is 16.8 Å². The summed E-state index contributed by atoms with van der Waals surface area (Å²) in [5.41, 5.74) is 0.691. The predicted molar refractivity (Wildman–Crippen MR) is 151 cm³/mol. The van der Waals surface area contributed by atoms with Gasteiger partial charge in [-0.2, -0.15) is 4.31 Å². The lowest BCUT2D eigenvalue weighted by atomic mass is 10.2. The standard InChI is InChI=1S/C25H28Cl2N4O4S3/c1-2-3-7-22-23(17-28-25(29-22)30-37(32,33)24-13-8-18(26)16-21(24)27)36-19-9-11-20(12-10-19)38(34,35)31-14-5-4-6-15-31/h8-13,16-17H,2-7,14-15H2,1H3,(H,28,29,30). The fourth-order valence-corrected chi connectivity index (χ4v) is 8.13. The summed E-state index contributed by atoms with van der Waals surface area (Å²) in [4.78, 5) is 10.4. The van der Waals surface area contributed by atoms with Crippen LogP contribution in [0, 0.1) is 0 Å². The molecule has 2 aromatic carbocycles. The molecule has 1 aromatic heterocycles. The molecule has 204 valence electrons. The Morgan fingerprint density at radius 2 is 1.71 bits per heavy atom. The van der Waals surface area contributed by atoms with Crippen molar-refractivity contribution in [2.45, 2.75) is 65.0 Å². The van der Waals surface area contributed by atoms with Gasteiger partial charge < -0.3 is 0 Å². The molecule has 0 radical (unpaired) electrons. The zero-order valence-electron chi connectivity index (χ0n) is 20.7. The van der Waals surface area contributed by atoms with Gasteiger partial charge in [0.25, 0.3) is 10.0 Å². The van der Waals surface area contributed by atoms with Crippen LogP contribution in [-0.4, -0.2) is 44.2 Å². The molecule has 8 nitrogen and oxygen atoms in total. The number of anilines is 1. The number of nitrogens with one attached hydrogen (secondary N) is 1. The van der Waals surface area contributed by atoms with E-state index in [1.807, 2.05) is 0 Å². The average molecular weight is 616 g/mol. The first kappa shape index (κ1) is 29.1. The Kier molecular flexibility index (Phi) is 9.59. The van der Waals surface area contributed by atoms with Crippen molar-refractivity contribution in [3.63, 3.8) is 0 Å². The molecule has 0 amide bonds. The maximum Gasteiger partial charge on any atom is 0.265 e. The molecule has 38 heavy (non-hydrogen) atoms. The highest BCUT2D eigenvalue weighted by Crippen LogP contribution is 2.33. The van der Waals surface area contributed by atoms with Crippen molar-refractivity contribution >= 4 is 61.0 Å². The first-order valence-corrected chi connectivity index (χ1v) is 16.7. The van der Waals surface area contributed by atoms with E-state index in [1.54, 1.807) is 34.8 Å². The normalized spacial score (nSPS) is 14.9. The summed E-state index contributed by atoms with van der Waals surface area (Å²) in [7, 11) is -7.54. The lowest BCUT2D eigenvalue weighted by Crippen LogP contribution is -2.35. The fraction of sp³-hybridized carbons (Fsp3) is 0.360. The Labute approximate surface area is 238 Å². The molecular formula is C25H28Cl2N4O4S3. The monoisotopic (exact) mass is 614 g/mol. The van der Waals surface area contributed by atoms with Gasteiger partial charge in [-0.3, -0.25) is 0 Å². The van der Waals surface area contributed by atoms with Crippen LogP contribution in [0.25, 0.3) is 0 Å². The van der Waals surface area contributed by atoms with Crippen LogP contribution in [0.2, 0.25) is 10.0 Å². The van der Waals surface area contributed by atoms with Crippen molar-refractivity contribution in [2.24, 2.45) is 0 Å². The van der Waals surface area contributed by atoms with Gasteiger partial charge in [0.15, 0.2) is 0 Å². The number of aromatic nitrogens is 2. The van der Waals surface area contributed by atoms with Gasteiger partial charge in [-0.1, -0.05) is 54.7 Å². The Bertz CT molecular complexity index is 1500. The smallest absolute Gasteiger partial charge is 0.247 e. The Morgan fingerprint density at radius 3 is 2.37 bits per heavy atom. The van der Waals surface area contributed by atoms with Gasteiger partial charge in [0.05, 0.1) is 20.5 Å². The van der Waals surface area contributed by atoms with Crippen LogP contribution in [0.3, 0.4) is 0 Å². The minimum atomic E-state index is -4.03. The van der Waals surface area contributed by atoms with E-state index in [0.717, 1.165) is 41.9 Å². The SMILES string of the molecule is CCCCc1nc(NS(=O)(=O)c2ccc(Cl)cc2Cl)ncc1Sc1ccc(S(=O)(=O)N2CCCCC2)cc1. The third kappa shape index (κ3) is 7.00. The molecule has 1 aliphatic heterocycles. The summed E-state index contributed by atoms with van der Waals surface area (Å²) >= 11 is 13.4. The predicted octanol–water partition coefficient (Wildman–Crippen LogP) is 6.25. The van der Waals surface area contributed by atoms with Crippen LogP contribution in [0.1, 0.15) is 44.7 Å². The second-order valence-corrected chi connectivity index (χ2v) is 14.4. The zero-order valence-corrected chi connectivity index (χ0v) is 24.7. The number of hydrogen-bond acceptors (Lipinski definition) is 7. The minimum Gasteiger partial charge on any atom is -0.247 e. The summed E-state index contributed by atoms with van der Waals surface area (Å²) in [5, 5.41) is 0.319. The van der Waals surface area contributed by atoms with Crippen molar-refractivity contribution in [3.8, 4) is 0 Å².